The Morgan fingerprint density at radius 2 is 1.94 bits per heavy atom. The van der Waals surface area contributed by atoms with Crippen molar-refractivity contribution in [3.8, 4) is 0 Å². The van der Waals surface area contributed by atoms with E-state index < -0.39 is 6.10 Å². The highest BCUT2D eigenvalue weighted by Gasteiger charge is 2.15. The summed E-state index contributed by atoms with van der Waals surface area (Å²) in [4.78, 5) is 0. The number of benzene rings is 1. The molecule has 1 aromatic rings. The Morgan fingerprint density at radius 3 is 2.47 bits per heavy atom. The lowest BCUT2D eigenvalue weighted by Gasteiger charge is -2.22. The van der Waals surface area contributed by atoms with Crippen LogP contribution in [0.3, 0.4) is 0 Å². The summed E-state index contributed by atoms with van der Waals surface area (Å²) in [5.41, 5.74) is 0.672. The maximum absolute atomic E-state index is 13.6. The van der Waals surface area contributed by atoms with Gasteiger partial charge in [-0.05, 0) is 18.4 Å². The molecule has 0 saturated carbocycles. The standard InChI is InChI=1S/C14H22FNO/c1-4-13(16-9-14(17)10(2)3)11-7-5-6-8-12(11)15/h5-8,10,13-14,16-17H,4,9H2,1-3H3. The van der Waals surface area contributed by atoms with Crippen molar-refractivity contribution in [3.05, 3.63) is 35.6 Å². The average Bonchev–Trinajstić information content (AvgIpc) is 2.31. The van der Waals surface area contributed by atoms with E-state index in [1.165, 1.54) is 6.07 Å². The van der Waals surface area contributed by atoms with Crippen molar-refractivity contribution >= 4 is 0 Å². The Bertz CT molecular complexity index is 341. The lowest BCUT2D eigenvalue weighted by molar-refractivity contribution is 0.119. The third kappa shape index (κ3) is 4.10. The second kappa shape index (κ2) is 6.72. The van der Waals surface area contributed by atoms with Crippen LogP contribution in [0.5, 0.6) is 0 Å². The van der Waals surface area contributed by atoms with Gasteiger partial charge in [-0.3, -0.25) is 0 Å². The molecule has 0 saturated heterocycles. The first-order valence-electron chi connectivity index (χ1n) is 6.22. The highest BCUT2D eigenvalue weighted by atomic mass is 19.1. The summed E-state index contributed by atoms with van der Waals surface area (Å²) < 4.78 is 13.6. The lowest BCUT2D eigenvalue weighted by atomic mass is 10.0. The highest BCUT2D eigenvalue weighted by Crippen LogP contribution is 2.19. The van der Waals surface area contributed by atoms with Crippen molar-refractivity contribution in [1.29, 1.82) is 0 Å². The molecule has 96 valence electrons. The maximum Gasteiger partial charge on any atom is 0.127 e. The van der Waals surface area contributed by atoms with E-state index in [1.54, 1.807) is 12.1 Å². The van der Waals surface area contributed by atoms with Crippen molar-refractivity contribution in [2.24, 2.45) is 5.92 Å². The van der Waals surface area contributed by atoms with Crippen LogP contribution in [0.1, 0.15) is 38.8 Å². The zero-order valence-corrected chi connectivity index (χ0v) is 10.8. The third-order valence-corrected chi connectivity index (χ3v) is 3.03. The van der Waals surface area contributed by atoms with Crippen molar-refractivity contribution in [1.82, 2.24) is 5.32 Å². The summed E-state index contributed by atoms with van der Waals surface area (Å²) >= 11 is 0. The lowest BCUT2D eigenvalue weighted by Crippen LogP contribution is -2.33. The predicted octanol–water partition coefficient (Wildman–Crippen LogP) is 2.88. The van der Waals surface area contributed by atoms with E-state index in [0.717, 1.165) is 6.42 Å². The first-order chi connectivity index (χ1) is 8.06. The first-order valence-corrected chi connectivity index (χ1v) is 6.22. The van der Waals surface area contributed by atoms with Crippen molar-refractivity contribution in [3.63, 3.8) is 0 Å². The van der Waals surface area contributed by atoms with Gasteiger partial charge in [-0.15, -0.1) is 0 Å². The van der Waals surface area contributed by atoms with Gasteiger partial charge in [-0.25, -0.2) is 4.39 Å². The fourth-order valence-electron chi connectivity index (χ4n) is 1.73. The maximum atomic E-state index is 13.6. The molecule has 2 nitrogen and oxygen atoms in total. The Kier molecular flexibility index (Phi) is 5.59. The molecule has 1 aromatic carbocycles. The van der Waals surface area contributed by atoms with Gasteiger partial charge in [0.2, 0.25) is 0 Å². The van der Waals surface area contributed by atoms with Crippen LogP contribution in [0, 0.1) is 11.7 Å². The molecule has 3 heteroatoms. The Morgan fingerprint density at radius 1 is 1.29 bits per heavy atom. The van der Waals surface area contributed by atoms with Gasteiger partial charge in [0, 0.05) is 18.2 Å². The van der Waals surface area contributed by atoms with Gasteiger partial charge < -0.3 is 10.4 Å². The van der Waals surface area contributed by atoms with Gasteiger partial charge in [-0.1, -0.05) is 39.0 Å². The van der Waals surface area contributed by atoms with Gasteiger partial charge >= 0.3 is 0 Å². The molecule has 0 radical (unpaired) electrons. The Labute approximate surface area is 103 Å². The summed E-state index contributed by atoms with van der Waals surface area (Å²) in [7, 11) is 0. The van der Waals surface area contributed by atoms with Gasteiger partial charge in [-0.2, -0.15) is 0 Å². The smallest absolute Gasteiger partial charge is 0.127 e. The largest absolute Gasteiger partial charge is 0.392 e. The van der Waals surface area contributed by atoms with Crippen LogP contribution in [-0.4, -0.2) is 17.8 Å². The van der Waals surface area contributed by atoms with Gasteiger partial charge in [0.15, 0.2) is 0 Å². The Hall–Kier alpha value is -0.930. The van der Waals surface area contributed by atoms with Crippen molar-refractivity contribution < 1.29 is 9.50 Å². The van der Waals surface area contributed by atoms with E-state index in [9.17, 15) is 9.50 Å². The van der Waals surface area contributed by atoms with E-state index >= 15 is 0 Å². The average molecular weight is 239 g/mol. The molecule has 2 N–H and O–H groups in total. The van der Waals surface area contributed by atoms with E-state index in [-0.39, 0.29) is 17.8 Å². The number of aliphatic hydroxyl groups excluding tert-OH is 1. The van der Waals surface area contributed by atoms with Crippen molar-refractivity contribution in [2.45, 2.75) is 39.3 Å². The summed E-state index contributed by atoms with van der Waals surface area (Å²) in [6.45, 7) is 6.43. The number of rotatable bonds is 6. The number of aliphatic hydroxyl groups is 1. The number of nitrogens with one attached hydrogen (secondary N) is 1. The normalized spacial score (nSPS) is 14.9. The zero-order chi connectivity index (χ0) is 12.8. The molecule has 1 rings (SSSR count). The van der Waals surface area contributed by atoms with Crippen LogP contribution in [0.25, 0.3) is 0 Å². The van der Waals surface area contributed by atoms with Crippen LogP contribution >= 0.6 is 0 Å². The molecule has 2 atom stereocenters. The minimum Gasteiger partial charge on any atom is -0.392 e. The van der Waals surface area contributed by atoms with Crippen molar-refractivity contribution in [2.75, 3.05) is 6.54 Å². The molecule has 0 fully saturated rings. The molecule has 0 aliphatic heterocycles. The fourth-order valence-corrected chi connectivity index (χ4v) is 1.73. The molecule has 0 spiro atoms. The quantitative estimate of drug-likeness (QED) is 0.800. The molecule has 0 aliphatic rings. The number of hydrogen-bond donors (Lipinski definition) is 2. The molecule has 0 aromatic heterocycles. The summed E-state index contributed by atoms with van der Waals surface area (Å²) in [6, 6.07) is 6.75. The van der Waals surface area contributed by atoms with Gasteiger partial charge in [0.1, 0.15) is 5.82 Å². The molecule has 0 bridgehead atoms. The Balaban J connectivity index is 2.64. The summed E-state index contributed by atoms with van der Waals surface area (Å²) in [5.74, 6) is 0.0199. The van der Waals surface area contributed by atoms with Crippen LogP contribution in [0.2, 0.25) is 0 Å². The van der Waals surface area contributed by atoms with Crippen LogP contribution in [-0.2, 0) is 0 Å². The molecule has 0 heterocycles. The minimum atomic E-state index is -0.393. The molecule has 17 heavy (non-hydrogen) atoms. The second-order valence-electron chi connectivity index (χ2n) is 4.70. The fraction of sp³-hybridized carbons (Fsp3) is 0.571. The van der Waals surface area contributed by atoms with Crippen LogP contribution in [0.4, 0.5) is 4.39 Å². The van der Waals surface area contributed by atoms with Crippen LogP contribution < -0.4 is 5.32 Å². The topological polar surface area (TPSA) is 32.3 Å². The zero-order valence-electron chi connectivity index (χ0n) is 10.8. The second-order valence-corrected chi connectivity index (χ2v) is 4.70. The molecule has 0 amide bonds. The summed E-state index contributed by atoms with van der Waals surface area (Å²) in [5, 5.41) is 12.9. The SMILES string of the molecule is CCC(NCC(O)C(C)C)c1ccccc1F. The van der Waals surface area contributed by atoms with E-state index in [1.807, 2.05) is 26.8 Å². The molecular formula is C14H22FNO. The molecular weight excluding hydrogens is 217 g/mol. The predicted molar refractivity (Wildman–Crippen MR) is 68.3 cm³/mol. The third-order valence-electron chi connectivity index (χ3n) is 3.03. The van der Waals surface area contributed by atoms with E-state index in [0.29, 0.717) is 12.1 Å². The van der Waals surface area contributed by atoms with E-state index in [2.05, 4.69) is 5.32 Å². The number of halogens is 1. The van der Waals surface area contributed by atoms with Gasteiger partial charge in [0.25, 0.3) is 0 Å². The molecule has 2 unspecified atom stereocenters. The number of hydrogen-bond acceptors (Lipinski definition) is 2. The van der Waals surface area contributed by atoms with Gasteiger partial charge in [0.05, 0.1) is 6.10 Å². The first kappa shape index (κ1) is 14.1. The minimum absolute atomic E-state index is 0.0374. The molecule has 0 aliphatic carbocycles. The van der Waals surface area contributed by atoms with E-state index in [4.69, 9.17) is 0 Å². The van der Waals surface area contributed by atoms with Crippen LogP contribution in [0.15, 0.2) is 24.3 Å². The highest BCUT2D eigenvalue weighted by molar-refractivity contribution is 5.21. The summed E-state index contributed by atoms with van der Waals surface area (Å²) in [6.07, 6.45) is 0.405. The monoisotopic (exact) mass is 239 g/mol.